The summed E-state index contributed by atoms with van der Waals surface area (Å²) in [6.07, 6.45) is 4.81. The number of hydrogen-bond acceptors (Lipinski definition) is 3. The number of esters is 1. The van der Waals surface area contributed by atoms with Crippen molar-refractivity contribution in [2.75, 3.05) is 19.7 Å². The van der Waals surface area contributed by atoms with Crippen LogP contribution in [0.3, 0.4) is 0 Å². The van der Waals surface area contributed by atoms with Gasteiger partial charge < -0.3 is 9.64 Å². The van der Waals surface area contributed by atoms with Gasteiger partial charge in [0.15, 0.2) is 0 Å². The molecule has 2 aromatic carbocycles. The molecule has 1 saturated heterocycles. The molecule has 0 saturated carbocycles. The van der Waals surface area contributed by atoms with E-state index in [9.17, 15) is 4.79 Å². The van der Waals surface area contributed by atoms with Crippen LogP contribution in [0, 0.1) is 0 Å². The molecule has 0 aliphatic carbocycles. The highest BCUT2D eigenvalue weighted by Gasteiger charge is 2.17. The van der Waals surface area contributed by atoms with Crippen molar-refractivity contribution in [2.24, 2.45) is 0 Å². The van der Waals surface area contributed by atoms with Crippen molar-refractivity contribution in [3.63, 3.8) is 0 Å². The van der Waals surface area contributed by atoms with Gasteiger partial charge in [-0.2, -0.15) is 0 Å². The Morgan fingerprint density at radius 2 is 1.76 bits per heavy atom. The first-order valence-corrected chi connectivity index (χ1v) is 9.31. The second-order valence-corrected chi connectivity index (χ2v) is 6.81. The highest BCUT2D eigenvalue weighted by Crippen LogP contribution is 2.20. The number of benzene rings is 2. The molecule has 0 amide bonds. The second-order valence-electron chi connectivity index (χ2n) is 6.81. The Morgan fingerprint density at radius 1 is 1.04 bits per heavy atom. The fourth-order valence-corrected chi connectivity index (χ4v) is 3.43. The minimum Gasteiger partial charge on any atom is -0.462 e. The van der Waals surface area contributed by atoms with Gasteiger partial charge in [0.25, 0.3) is 0 Å². The predicted octanol–water partition coefficient (Wildman–Crippen LogP) is 4.77. The summed E-state index contributed by atoms with van der Waals surface area (Å²) in [5.41, 5.74) is 2.88. The Balaban J connectivity index is 1.45. The van der Waals surface area contributed by atoms with Crippen LogP contribution in [-0.2, 0) is 4.74 Å². The van der Waals surface area contributed by atoms with Gasteiger partial charge >= 0.3 is 5.97 Å². The van der Waals surface area contributed by atoms with Crippen LogP contribution in [0.1, 0.15) is 43.0 Å². The maximum absolute atomic E-state index is 12.2. The van der Waals surface area contributed by atoms with Gasteiger partial charge in [-0.05, 0) is 56.0 Å². The molecule has 0 N–H and O–H groups in total. The predicted molar refractivity (Wildman–Crippen MR) is 102 cm³/mol. The molecule has 0 radical (unpaired) electrons. The van der Waals surface area contributed by atoms with Gasteiger partial charge in [-0.25, -0.2) is 4.79 Å². The third kappa shape index (κ3) is 4.93. The van der Waals surface area contributed by atoms with Gasteiger partial charge in [0, 0.05) is 12.6 Å². The van der Waals surface area contributed by atoms with E-state index in [0.29, 0.717) is 18.2 Å². The van der Waals surface area contributed by atoms with Crippen molar-refractivity contribution in [1.29, 1.82) is 0 Å². The van der Waals surface area contributed by atoms with Crippen LogP contribution < -0.4 is 0 Å². The smallest absolute Gasteiger partial charge is 0.338 e. The van der Waals surface area contributed by atoms with Crippen molar-refractivity contribution in [1.82, 2.24) is 4.90 Å². The fourth-order valence-electron chi connectivity index (χ4n) is 3.43. The number of nitrogens with zero attached hydrogens (tertiary/aromatic N) is 1. The van der Waals surface area contributed by atoms with Gasteiger partial charge in [-0.15, -0.1) is 0 Å². The lowest BCUT2D eigenvalue weighted by Gasteiger charge is -2.33. The van der Waals surface area contributed by atoms with Crippen molar-refractivity contribution in [2.45, 2.75) is 38.6 Å². The average Bonchev–Trinajstić information content (AvgIpc) is 2.67. The summed E-state index contributed by atoms with van der Waals surface area (Å²) in [6.45, 7) is 4.97. The molecule has 1 fully saturated rings. The first-order chi connectivity index (χ1) is 12.2. The molecule has 0 bridgehead atoms. The van der Waals surface area contributed by atoms with Crippen molar-refractivity contribution >= 4 is 5.97 Å². The number of piperidine rings is 1. The SMILES string of the molecule is C[C@H]1CCCCN1CCCOC(=O)c1ccc(-c2ccccc2)cc1. The van der Waals surface area contributed by atoms with Crippen LogP contribution in [0.5, 0.6) is 0 Å². The molecular formula is C22H27NO2. The Bertz CT molecular complexity index is 666. The van der Waals surface area contributed by atoms with Gasteiger partial charge in [-0.1, -0.05) is 48.9 Å². The van der Waals surface area contributed by atoms with Crippen molar-refractivity contribution in [3.8, 4) is 11.1 Å². The molecule has 3 rings (SSSR count). The quantitative estimate of drug-likeness (QED) is 0.561. The van der Waals surface area contributed by atoms with Gasteiger partial charge in [0.2, 0.25) is 0 Å². The van der Waals surface area contributed by atoms with E-state index in [1.807, 2.05) is 42.5 Å². The summed E-state index contributed by atoms with van der Waals surface area (Å²) >= 11 is 0. The van der Waals surface area contributed by atoms with Crippen molar-refractivity contribution in [3.05, 3.63) is 60.2 Å². The Morgan fingerprint density at radius 3 is 2.48 bits per heavy atom. The molecule has 2 aromatic rings. The van der Waals surface area contributed by atoms with Crippen LogP contribution in [0.15, 0.2) is 54.6 Å². The molecule has 1 aliphatic heterocycles. The van der Waals surface area contributed by atoms with E-state index in [1.54, 1.807) is 0 Å². The lowest BCUT2D eigenvalue weighted by Crippen LogP contribution is -2.38. The maximum atomic E-state index is 12.2. The van der Waals surface area contributed by atoms with Crippen LogP contribution in [0.25, 0.3) is 11.1 Å². The lowest BCUT2D eigenvalue weighted by molar-refractivity contribution is 0.0475. The van der Waals surface area contributed by atoms with E-state index < -0.39 is 0 Å². The summed E-state index contributed by atoms with van der Waals surface area (Å²) < 4.78 is 5.43. The standard InChI is InChI=1S/C22H27NO2/c1-18-8-5-6-15-23(18)16-7-17-25-22(24)21-13-11-20(12-14-21)19-9-3-2-4-10-19/h2-4,9-14,18H,5-8,15-17H2,1H3/t18-/m0/s1. The molecule has 0 aromatic heterocycles. The first-order valence-electron chi connectivity index (χ1n) is 9.31. The molecule has 25 heavy (non-hydrogen) atoms. The third-order valence-electron chi connectivity index (χ3n) is 4.99. The van der Waals surface area contributed by atoms with Crippen LogP contribution >= 0.6 is 0 Å². The molecule has 1 heterocycles. The van der Waals surface area contributed by atoms with E-state index in [0.717, 1.165) is 24.1 Å². The largest absolute Gasteiger partial charge is 0.462 e. The zero-order valence-corrected chi connectivity index (χ0v) is 15.0. The topological polar surface area (TPSA) is 29.5 Å². The summed E-state index contributed by atoms with van der Waals surface area (Å²) in [5, 5.41) is 0. The normalized spacial score (nSPS) is 18.0. The van der Waals surface area contributed by atoms with E-state index >= 15 is 0 Å². The number of carbonyl (C=O) groups excluding carboxylic acids is 1. The van der Waals surface area contributed by atoms with Gasteiger partial charge in [-0.3, -0.25) is 0 Å². The summed E-state index contributed by atoms with van der Waals surface area (Å²) in [5.74, 6) is -0.230. The maximum Gasteiger partial charge on any atom is 0.338 e. The van der Waals surface area contributed by atoms with Crippen molar-refractivity contribution < 1.29 is 9.53 Å². The second kappa shape index (κ2) is 8.82. The lowest BCUT2D eigenvalue weighted by atomic mass is 10.0. The first kappa shape index (κ1) is 17.7. The average molecular weight is 337 g/mol. The zero-order chi connectivity index (χ0) is 17.5. The molecule has 3 nitrogen and oxygen atoms in total. The fraction of sp³-hybridized carbons (Fsp3) is 0.409. The molecule has 1 aliphatic rings. The molecule has 132 valence electrons. The Labute approximate surface area is 150 Å². The monoisotopic (exact) mass is 337 g/mol. The minimum absolute atomic E-state index is 0.230. The summed E-state index contributed by atoms with van der Waals surface area (Å²) in [6, 6.07) is 18.5. The molecule has 0 spiro atoms. The number of likely N-dealkylation sites (tertiary alicyclic amines) is 1. The molecule has 0 unspecified atom stereocenters. The minimum atomic E-state index is -0.230. The van der Waals surface area contributed by atoms with E-state index in [4.69, 9.17) is 4.74 Å². The Hall–Kier alpha value is -2.13. The number of carbonyl (C=O) groups is 1. The van der Waals surface area contributed by atoms with E-state index in [2.05, 4.69) is 24.0 Å². The molecule has 1 atom stereocenters. The number of hydrogen-bond donors (Lipinski definition) is 0. The van der Waals surface area contributed by atoms with Gasteiger partial charge in [0.05, 0.1) is 12.2 Å². The van der Waals surface area contributed by atoms with E-state index in [-0.39, 0.29) is 5.97 Å². The molecule has 3 heteroatoms. The highest BCUT2D eigenvalue weighted by molar-refractivity contribution is 5.90. The zero-order valence-electron chi connectivity index (χ0n) is 15.0. The highest BCUT2D eigenvalue weighted by atomic mass is 16.5. The van der Waals surface area contributed by atoms with Crippen LogP contribution in [0.2, 0.25) is 0 Å². The van der Waals surface area contributed by atoms with Crippen LogP contribution in [0.4, 0.5) is 0 Å². The molecular weight excluding hydrogens is 310 g/mol. The van der Waals surface area contributed by atoms with Crippen LogP contribution in [-0.4, -0.2) is 36.6 Å². The number of rotatable bonds is 6. The van der Waals surface area contributed by atoms with E-state index in [1.165, 1.54) is 25.8 Å². The summed E-state index contributed by atoms with van der Waals surface area (Å²) in [4.78, 5) is 14.7. The third-order valence-corrected chi connectivity index (χ3v) is 4.99. The summed E-state index contributed by atoms with van der Waals surface area (Å²) in [7, 11) is 0. The number of ether oxygens (including phenoxy) is 1. The van der Waals surface area contributed by atoms with Gasteiger partial charge in [0.1, 0.15) is 0 Å². The Kier molecular flexibility index (Phi) is 6.24.